The van der Waals surface area contributed by atoms with Crippen LogP contribution in [-0.2, 0) is 0 Å². The van der Waals surface area contributed by atoms with Gasteiger partial charge in [-0.25, -0.2) is 4.79 Å². The third-order valence-electron chi connectivity index (χ3n) is 3.49. The first kappa shape index (κ1) is 16.6. The van der Waals surface area contributed by atoms with Crippen LogP contribution in [0.3, 0.4) is 0 Å². The van der Waals surface area contributed by atoms with E-state index in [0.29, 0.717) is 24.3 Å². The van der Waals surface area contributed by atoms with Crippen molar-refractivity contribution in [2.75, 3.05) is 12.4 Å². The number of carbonyl (C=O) groups excluding carboxylic acids is 1. The maximum absolute atomic E-state index is 12.1. The monoisotopic (exact) mass is 294 g/mol. The van der Waals surface area contributed by atoms with Gasteiger partial charge in [0.15, 0.2) is 5.84 Å². The molecule has 0 aromatic heterocycles. The Morgan fingerprint density at radius 3 is 2.62 bits per heavy atom. The number of anilines is 1. The van der Waals surface area contributed by atoms with Gasteiger partial charge in [0, 0.05) is 11.8 Å². The summed E-state index contributed by atoms with van der Waals surface area (Å²) in [5.74, 6) is 0.620. The summed E-state index contributed by atoms with van der Waals surface area (Å²) in [5.41, 5.74) is 5.41. The highest BCUT2D eigenvalue weighted by Crippen LogP contribution is 2.18. The van der Waals surface area contributed by atoms with Crippen LogP contribution < -0.4 is 21.1 Å². The molecule has 0 radical (unpaired) electrons. The summed E-state index contributed by atoms with van der Waals surface area (Å²) < 4.78 is 5.09. The molecule has 21 heavy (non-hydrogen) atoms. The van der Waals surface area contributed by atoms with Gasteiger partial charge >= 0.3 is 6.03 Å². The second-order valence-corrected chi connectivity index (χ2v) is 4.59. The molecule has 7 heteroatoms. The number of carbonyl (C=O) groups is 1. The molecule has 0 unspecified atom stereocenters. The molecule has 0 aliphatic heterocycles. The van der Waals surface area contributed by atoms with Gasteiger partial charge in [-0.1, -0.05) is 25.1 Å². The summed E-state index contributed by atoms with van der Waals surface area (Å²) >= 11 is 0. The molecule has 116 valence electrons. The van der Waals surface area contributed by atoms with Crippen LogP contribution in [0.4, 0.5) is 10.5 Å². The average molecular weight is 294 g/mol. The van der Waals surface area contributed by atoms with E-state index in [9.17, 15) is 4.79 Å². The van der Waals surface area contributed by atoms with E-state index >= 15 is 0 Å². The van der Waals surface area contributed by atoms with E-state index in [2.05, 4.69) is 15.8 Å². The zero-order valence-electron chi connectivity index (χ0n) is 12.5. The van der Waals surface area contributed by atoms with Crippen LogP contribution in [0.5, 0.6) is 5.75 Å². The van der Waals surface area contributed by atoms with Crippen molar-refractivity contribution >= 4 is 17.6 Å². The highest BCUT2D eigenvalue weighted by atomic mass is 16.5. The molecule has 0 aliphatic carbocycles. The van der Waals surface area contributed by atoms with E-state index in [1.165, 1.54) is 0 Å². The van der Waals surface area contributed by atoms with Gasteiger partial charge in [0.1, 0.15) is 11.3 Å². The topological polar surface area (TPSA) is 109 Å². The van der Waals surface area contributed by atoms with Gasteiger partial charge in [0.2, 0.25) is 0 Å². The van der Waals surface area contributed by atoms with Crippen molar-refractivity contribution in [1.82, 2.24) is 5.32 Å². The van der Waals surface area contributed by atoms with Gasteiger partial charge in [-0.3, -0.25) is 0 Å². The number of amides is 2. The smallest absolute Gasteiger partial charge is 0.320 e. The predicted molar refractivity (Wildman–Crippen MR) is 81.9 cm³/mol. The Morgan fingerprint density at radius 1 is 1.43 bits per heavy atom. The number of ether oxygens (including phenoxy) is 1. The standard InChI is InChI=1S/C14H22N4O3/c1-4-14(5-2,12(15)18-20)17-13(19)16-10-7-6-8-11(9-10)21-3/h6-9,20H,4-5H2,1-3H3,(H2,15,18)(H2,16,17,19). The number of nitrogens with one attached hydrogen (secondary N) is 2. The molecule has 0 atom stereocenters. The molecule has 5 N–H and O–H groups in total. The maximum Gasteiger partial charge on any atom is 0.320 e. The van der Waals surface area contributed by atoms with Crippen molar-refractivity contribution in [1.29, 1.82) is 0 Å². The molecule has 2 amide bonds. The Hall–Kier alpha value is -2.44. The summed E-state index contributed by atoms with van der Waals surface area (Å²) in [6, 6.07) is 6.55. The van der Waals surface area contributed by atoms with Crippen molar-refractivity contribution in [2.24, 2.45) is 10.9 Å². The number of hydrogen-bond acceptors (Lipinski definition) is 4. The predicted octanol–water partition coefficient (Wildman–Crippen LogP) is 2.12. The van der Waals surface area contributed by atoms with Gasteiger partial charge in [0.05, 0.1) is 7.11 Å². The number of benzene rings is 1. The van der Waals surface area contributed by atoms with Crippen LogP contribution in [0, 0.1) is 0 Å². The molecular weight excluding hydrogens is 272 g/mol. The summed E-state index contributed by atoms with van der Waals surface area (Å²) in [4.78, 5) is 12.1. The Bertz CT molecular complexity index is 513. The number of urea groups is 1. The Kier molecular flexibility index (Phi) is 5.83. The van der Waals surface area contributed by atoms with Crippen molar-refractivity contribution in [3.05, 3.63) is 24.3 Å². The van der Waals surface area contributed by atoms with Crippen LogP contribution in [0.1, 0.15) is 26.7 Å². The lowest BCUT2D eigenvalue weighted by molar-refractivity contribution is 0.241. The molecular formula is C14H22N4O3. The summed E-state index contributed by atoms with van der Waals surface area (Å²) in [7, 11) is 1.55. The Morgan fingerprint density at radius 2 is 2.10 bits per heavy atom. The van der Waals surface area contributed by atoms with Gasteiger partial charge in [0.25, 0.3) is 0 Å². The highest BCUT2D eigenvalue weighted by Gasteiger charge is 2.33. The number of nitrogens with two attached hydrogens (primary N) is 1. The molecule has 0 heterocycles. The average Bonchev–Trinajstić information content (AvgIpc) is 2.52. The van der Waals surface area contributed by atoms with Crippen LogP contribution >= 0.6 is 0 Å². The number of hydrogen-bond donors (Lipinski definition) is 4. The largest absolute Gasteiger partial charge is 0.497 e. The number of amidine groups is 1. The van der Waals surface area contributed by atoms with Crippen LogP contribution in [0.25, 0.3) is 0 Å². The van der Waals surface area contributed by atoms with Gasteiger partial charge in [-0.2, -0.15) is 0 Å². The fourth-order valence-corrected chi connectivity index (χ4v) is 2.03. The zero-order valence-corrected chi connectivity index (χ0v) is 12.5. The highest BCUT2D eigenvalue weighted by molar-refractivity contribution is 5.97. The summed E-state index contributed by atoms with van der Waals surface area (Å²) in [5, 5.41) is 17.4. The van der Waals surface area contributed by atoms with E-state index in [1.807, 2.05) is 13.8 Å². The van der Waals surface area contributed by atoms with Gasteiger partial charge in [-0.15, -0.1) is 0 Å². The molecule has 0 bridgehead atoms. The number of methoxy groups -OCH3 is 1. The molecule has 0 fully saturated rings. The minimum atomic E-state index is -0.877. The minimum Gasteiger partial charge on any atom is -0.497 e. The van der Waals surface area contributed by atoms with E-state index in [-0.39, 0.29) is 5.84 Å². The summed E-state index contributed by atoms with van der Waals surface area (Å²) in [6.07, 6.45) is 1.01. The molecule has 1 aromatic carbocycles. The van der Waals surface area contributed by atoms with Crippen molar-refractivity contribution in [3.63, 3.8) is 0 Å². The normalized spacial score (nSPS) is 11.9. The SMILES string of the molecule is CCC(CC)(NC(=O)Nc1cccc(OC)c1)/C(N)=N/O. The molecule has 0 saturated carbocycles. The lowest BCUT2D eigenvalue weighted by Crippen LogP contribution is -2.57. The number of rotatable bonds is 6. The molecule has 1 rings (SSSR count). The third kappa shape index (κ3) is 4.01. The quantitative estimate of drug-likeness (QED) is 0.279. The molecule has 0 aliphatic rings. The number of oxime groups is 1. The lowest BCUT2D eigenvalue weighted by Gasteiger charge is -2.31. The minimum absolute atomic E-state index is 0.0201. The third-order valence-corrected chi connectivity index (χ3v) is 3.49. The Labute approximate surface area is 124 Å². The number of nitrogens with zero attached hydrogens (tertiary/aromatic N) is 1. The first-order valence-electron chi connectivity index (χ1n) is 6.72. The second kappa shape index (κ2) is 7.37. The summed E-state index contributed by atoms with van der Waals surface area (Å²) in [6.45, 7) is 3.71. The van der Waals surface area contributed by atoms with E-state index in [1.54, 1.807) is 31.4 Å². The van der Waals surface area contributed by atoms with Gasteiger partial charge in [-0.05, 0) is 25.0 Å². The van der Waals surface area contributed by atoms with Crippen LogP contribution in [0.15, 0.2) is 29.4 Å². The fourth-order valence-electron chi connectivity index (χ4n) is 2.03. The van der Waals surface area contributed by atoms with E-state index in [0.717, 1.165) is 0 Å². The molecule has 0 spiro atoms. The van der Waals surface area contributed by atoms with Crippen LogP contribution in [0.2, 0.25) is 0 Å². The second-order valence-electron chi connectivity index (χ2n) is 4.59. The van der Waals surface area contributed by atoms with Crippen molar-refractivity contribution in [2.45, 2.75) is 32.2 Å². The van der Waals surface area contributed by atoms with Gasteiger partial charge < -0.3 is 26.3 Å². The first-order chi connectivity index (χ1) is 10.0. The van der Waals surface area contributed by atoms with E-state index < -0.39 is 11.6 Å². The lowest BCUT2D eigenvalue weighted by atomic mass is 9.91. The fraction of sp³-hybridized carbons (Fsp3) is 0.429. The van der Waals surface area contributed by atoms with Crippen LogP contribution in [-0.4, -0.2) is 29.7 Å². The Balaban J connectivity index is 2.83. The maximum atomic E-state index is 12.1. The van der Waals surface area contributed by atoms with E-state index in [4.69, 9.17) is 15.7 Å². The molecule has 1 aromatic rings. The van der Waals surface area contributed by atoms with Crippen molar-refractivity contribution in [3.8, 4) is 5.75 Å². The molecule has 7 nitrogen and oxygen atoms in total. The van der Waals surface area contributed by atoms with Crippen molar-refractivity contribution < 1.29 is 14.7 Å². The zero-order chi connectivity index (χ0) is 15.9. The first-order valence-corrected chi connectivity index (χ1v) is 6.72. The molecule has 0 saturated heterocycles.